The molecule has 0 bridgehead atoms. The number of fused-ring (bicyclic) bond motifs is 1. The van der Waals surface area contributed by atoms with Crippen LogP contribution in [-0.4, -0.2) is 21.3 Å². The molecule has 1 heterocycles. The van der Waals surface area contributed by atoms with Crippen LogP contribution in [0, 0.1) is 0 Å². The molecule has 0 saturated heterocycles. The first-order valence-corrected chi connectivity index (χ1v) is 5.82. The number of hydrogen-bond donors (Lipinski definition) is 1. The van der Waals surface area contributed by atoms with Gasteiger partial charge in [-0.15, -0.1) is 11.6 Å². The normalized spacial score (nSPS) is 13.2. The Bertz CT molecular complexity index is 481. The Hall–Kier alpha value is -1.06. The zero-order valence-electron chi connectivity index (χ0n) is 9.23. The van der Waals surface area contributed by atoms with Crippen LogP contribution in [0.3, 0.4) is 0 Å². The van der Waals surface area contributed by atoms with Crippen molar-refractivity contribution < 1.29 is 5.11 Å². The summed E-state index contributed by atoms with van der Waals surface area (Å²) in [6.07, 6.45) is 3.32. The first-order valence-electron chi connectivity index (χ1n) is 5.38. The van der Waals surface area contributed by atoms with Gasteiger partial charge in [-0.2, -0.15) is 0 Å². The molecule has 0 aliphatic carbocycles. The monoisotopic (exact) mass is 238 g/mol. The summed E-state index contributed by atoms with van der Waals surface area (Å²) in [4.78, 5) is 4.30. The first-order chi connectivity index (χ1) is 7.72. The summed E-state index contributed by atoms with van der Waals surface area (Å²) in [6.45, 7) is 0.190. The van der Waals surface area contributed by atoms with Gasteiger partial charge in [-0.1, -0.05) is 6.07 Å². The largest absolute Gasteiger partial charge is 0.396 e. The molecule has 0 amide bonds. The standard InChI is InChI=1S/C12H15ClN2O/c1-15-8-14-11-7-9(4-5-12(11)15)10(13)3-2-6-16/h4-5,7-8,10,16H,2-3,6H2,1H3. The molecule has 0 aliphatic rings. The van der Waals surface area contributed by atoms with E-state index in [-0.39, 0.29) is 12.0 Å². The van der Waals surface area contributed by atoms with Gasteiger partial charge >= 0.3 is 0 Å². The Kier molecular flexibility index (Phi) is 3.46. The molecule has 16 heavy (non-hydrogen) atoms. The minimum Gasteiger partial charge on any atom is -0.396 e. The van der Waals surface area contributed by atoms with Crippen molar-refractivity contribution in [3.05, 3.63) is 30.1 Å². The van der Waals surface area contributed by atoms with Crippen LogP contribution in [0.15, 0.2) is 24.5 Å². The van der Waals surface area contributed by atoms with Crippen molar-refractivity contribution in [3.8, 4) is 0 Å². The van der Waals surface area contributed by atoms with Gasteiger partial charge < -0.3 is 9.67 Å². The fourth-order valence-corrected chi connectivity index (χ4v) is 2.08. The van der Waals surface area contributed by atoms with Crippen molar-refractivity contribution in [1.29, 1.82) is 0 Å². The fourth-order valence-electron chi connectivity index (χ4n) is 1.79. The highest BCUT2D eigenvalue weighted by molar-refractivity contribution is 6.20. The lowest BCUT2D eigenvalue weighted by Gasteiger charge is -2.08. The predicted octanol–water partition coefficient (Wildman–Crippen LogP) is 2.63. The molecule has 4 heteroatoms. The summed E-state index contributed by atoms with van der Waals surface area (Å²) in [5.41, 5.74) is 3.14. The number of rotatable bonds is 4. The Morgan fingerprint density at radius 1 is 1.50 bits per heavy atom. The Morgan fingerprint density at radius 3 is 3.06 bits per heavy atom. The number of alkyl halides is 1. The van der Waals surface area contributed by atoms with Crippen LogP contribution in [-0.2, 0) is 7.05 Å². The Balaban J connectivity index is 2.25. The molecule has 1 aromatic carbocycles. The van der Waals surface area contributed by atoms with Crippen molar-refractivity contribution in [1.82, 2.24) is 9.55 Å². The highest BCUT2D eigenvalue weighted by Gasteiger charge is 2.09. The van der Waals surface area contributed by atoms with E-state index in [0.29, 0.717) is 0 Å². The number of imidazole rings is 1. The molecule has 0 aliphatic heterocycles. The van der Waals surface area contributed by atoms with Gasteiger partial charge in [0.1, 0.15) is 0 Å². The zero-order valence-corrected chi connectivity index (χ0v) is 9.98. The predicted molar refractivity (Wildman–Crippen MR) is 65.6 cm³/mol. The molecule has 1 N–H and O–H groups in total. The Morgan fingerprint density at radius 2 is 2.31 bits per heavy atom. The molecule has 1 atom stereocenters. The molecule has 1 aromatic heterocycles. The van der Waals surface area contributed by atoms with Crippen LogP contribution in [0.2, 0.25) is 0 Å². The van der Waals surface area contributed by atoms with Crippen LogP contribution in [0.5, 0.6) is 0 Å². The van der Waals surface area contributed by atoms with Gasteiger partial charge in [0.25, 0.3) is 0 Å². The van der Waals surface area contributed by atoms with Crippen LogP contribution >= 0.6 is 11.6 Å². The number of aliphatic hydroxyl groups excluding tert-OH is 1. The van der Waals surface area contributed by atoms with Gasteiger partial charge in [0.15, 0.2) is 0 Å². The van der Waals surface area contributed by atoms with E-state index in [9.17, 15) is 0 Å². The van der Waals surface area contributed by atoms with Crippen molar-refractivity contribution in [2.24, 2.45) is 7.05 Å². The molecule has 0 radical (unpaired) electrons. The number of halogens is 1. The SMILES string of the molecule is Cn1cnc2cc(C(Cl)CCCO)ccc21. The highest BCUT2D eigenvalue weighted by atomic mass is 35.5. The summed E-state index contributed by atoms with van der Waals surface area (Å²) in [5.74, 6) is 0. The van der Waals surface area contributed by atoms with Gasteiger partial charge in [-0.3, -0.25) is 0 Å². The van der Waals surface area contributed by atoms with Gasteiger partial charge in [0.2, 0.25) is 0 Å². The van der Waals surface area contributed by atoms with Crippen LogP contribution in [0.1, 0.15) is 23.8 Å². The smallest absolute Gasteiger partial charge is 0.0955 e. The van der Waals surface area contributed by atoms with E-state index >= 15 is 0 Å². The first kappa shape index (κ1) is 11.4. The Labute approximate surface area is 99.7 Å². The number of aliphatic hydroxyl groups is 1. The van der Waals surface area contributed by atoms with Crippen molar-refractivity contribution in [2.75, 3.05) is 6.61 Å². The molecular formula is C12H15ClN2O. The minimum absolute atomic E-state index is 0.0430. The van der Waals surface area contributed by atoms with Gasteiger partial charge in [-0.25, -0.2) is 4.98 Å². The molecular weight excluding hydrogens is 224 g/mol. The number of hydrogen-bond acceptors (Lipinski definition) is 2. The molecule has 0 spiro atoms. The molecule has 1 unspecified atom stereocenters. The summed E-state index contributed by atoms with van der Waals surface area (Å²) in [7, 11) is 1.97. The second-order valence-electron chi connectivity index (χ2n) is 3.94. The number of benzene rings is 1. The second kappa shape index (κ2) is 4.85. The van der Waals surface area contributed by atoms with Crippen molar-refractivity contribution in [3.63, 3.8) is 0 Å². The van der Waals surface area contributed by atoms with Crippen molar-refractivity contribution in [2.45, 2.75) is 18.2 Å². The molecule has 0 saturated carbocycles. The number of aryl methyl sites for hydroxylation is 1. The van der Waals surface area contributed by atoms with Gasteiger partial charge in [-0.05, 0) is 30.5 Å². The maximum absolute atomic E-state index is 8.76. The third-order valence-corrected chi connectivity index (χ3v) is 3.20. The van der Waals surface area contributed by atoms with E-state index < -0.39 is 0 Å². The fraction of sp³-hybridized carbons (Fsp3) is 0.417. The number of nitrogens with zero attached hydrogens (tertiary/aromatic N) is 2. The van der Waals surface area contributed by atoms with Crippen molar-refractivity contribution >= 4 is 22.6 Å². The third kappa shape index (κ3) is 2.20. The average Bonchev–Trinajstić information content (AvgIpc) is 2.67. The molecule has 3 nitrogen and oxygen atoms in total. The van der Waals surface area contributed by atoms with Crippen LogP contribution in [0.25, 0.3) is 11.0 Å². The summed E-state index contributed by atoms with van der Waals surface area (Å²) in [5, 5.41) is 8.72. The second-order valence-corrected chi connectivity index (χ2v) is 4.46. The minimum atomic E-state index is -0.0430. The van der Waals surface area contributed by atoms with Crippen LogP contribution in [0.4, 0.5) is 0 Å². The van der Waals surface area contributed by atoms with E-state index in [1.165, 1.54) is 0 Å². The maximum Gasteiger partial charge on any atom is 0.0955 e. The highest BCUT2D eigenvalue weighted by Crippen LogP contribution is 2.27. The molecule has 2 aromatic rings. The molecule has 2 rings (SSSR count). The average molecular weight is 239 g/mol. The molecule has 0 fully saturated rings. The maximum atomic E-state index is 8.76. The van der Waals surface area contributed by atoms with Gasteiger partial charge in [0.05, 0.1) is 22.7 Å². The summed E-state index contributed by atoms with van der Waals surface area (Å²) >= 11 is 6.25. The zero-order chi connectivity index (χ0) is 11.5. The lowest BCUT2D eigenvalue weighted by molar-refractivity contribution is 0.284. The summed E-state index contributed by atoms with van der Waals surface area (Å²) in [6, 6.07) is 6.08. The lowest BCUT2D eigenvalue weighted by Crippen LogP contribution is -1.93. The van der Waals surface area contributed by atoms with E-state index in [1.54, 1.807) is 6.33 Å². The topological polar surface area (TPSA) is 38.0 Å². The van der Waals surface area contributed by atoms with E-state index in [2.05, 4.69) is 4.98 Å². The molecule has 86 valence electrons. The van der Waals surface area contributed by atoms with E-state index in [0.717, 1.165) is 29.4 Å². The van der Waals surface area contributed by atoms with E-state index in [1.807, 2.05) is 29.8 Å². The summed E-state index contributed by atoms with van der Waals surface area (Å²) < 4.78 is 1.98. The van der Waals surface area contributed by atoms with Gasteiger partial charge in [0, 0.05) is 13.7 Å². The third-order valence-electron chi connectivity index (χ3n) is 2.73. The van der Waals surface area contributed by atoms with Crippen LogP contribution < -0.4 is 0 Å². The number of aromatic nitrogens is 2. The van der Waals surface area contributed by atoms with E-state index in [4.69, 9.17) is 16.7 Å². The quantitative estimate of drug-likeness (QED) is 0.832. The lowest BCUT2D eigenvalue weighted by atomic mass is 10.1.